The fourth-order valence-electron chi connectivity index (χ4n) is 1.43. The summed E-state index contributed by atoms with van der Waals surface area (Å²) in [5.41, 5.74) is 0.713. The lowest BCUT2D eigenvalue weighted by atomic mass is 10.1. The quantitative estimate of drug-likeness (QED) is 0.864. The van der Waals surface area contributed by atoms with Gasteiger partial charge in [0, 0.05) is 27.4 Å². The van der Waals surface area contributed by atoms with Crippen LogP contribution in [0.25, 0.3) is 0 Å². The van der Waals surface area contributed by atoms with Crippen molar-refractivity contribution in [3.8, 4) is 0 Å². The molecule has 0 bridgehead atoms. The van der Waals surface area contributed by atoms with Gasteiger partial charge in [-0.2, -0.15) is 11.8 Å². The van der Waals surface area contributed by atoms with Crippen LogP contribution in [0.2, 0.25) is 0 Å². The number of benzene rings is 1. The molecule has 0 radical (unpaired) electrons. The first-order valence-corrected chi connectivity index (χ1v) is 7.61. The first-order valence-electron chi connectivity index (χ1n) is 5.59. The van der Waals surface area contributed by atoms with Gasteiger partial charge in [-0.1, -0.05) is 22.0 Å². The Morgan fingerprint density at radius 2 is 2.12 bits per heavy atom. The number of rotatable bonds is 5. The van der Waals surface area contributed by atoms with Crippen LogP contribution in [0.15, 0.2) is 22.7 Å². The van der Waals surface area contributed by atoms with Gasteiger partial charge in [-0.3, -0.25) is 0 Å². The summed E-state index contributed by atoms with van der Waals surface area (Å²) in [4.78, 5) is 0. The fraction of sp³-hybridized carbons (Fsp3) is 0.538. The number of halogens is 2. The molecule has 0 aliphatic heterocycles. The second-order valence-corrected chi connectivity index (χ2v) is 7.16. The molecule has 96 valence electrons. The van der Waals surface area contributed by atoms with Crippen molar-refractivity contribution >= 4 is 27.7 Å². The summed E-state index contributed by atoms with van der Waals surface area (Å²) in [6, 6.07) is 5.22. The maximum absolute atomic E-state index is 13.7. The van der Waals surface area contributed by atoms with Crippen LogP contribution in [-0.4, -0.2) is 17.5 Å². The second-order valence-electron chi connectivity index (χ2n) is 4.73. The van der Waals surface area contributed by atoms with Crippen molar-refractivity contribution in [3.63, 3.8) is 0 Å². The Balaban J connectivity index is 2.67. The van der Waals surface area contributed by atoms with Gasteiger partial charge in [0.05, 0.1) is 0 Å². The summed E-state index contributed by atoms with van der Waals surface area (Å²) in [5.74, 6) is -0.165. The molecule has 0 spiro atoms. The van der Waals surface area contributed by atoms with Gasteiger partial charge in [-0.15, -0.1) is 0 Å². The summed E-state index contributed by atoms with van der Waals surface area (Å²) in [7, 11) is 0. The largest absolute Gasteiger partial charge is 0.309 e. The third-order valence-corrected chi connectivity index (χ3v) is 4.56. The first kappa shape index (κ1) is 15.0. The zero-order valence-corrected chi connectivity index (χ0v) is 13.1. The Morgan fingerprint density at radius 1 is 1.47 bits per heavy atom. The molecule has 0 aromatic heterocycles. The Morgan fingerprint density at radius 3 is 2.65 bits per heavy atom. The second kappa shape index (κ2) is 6.21. The van der Waals surface area contributed by atoms with Crippen LogP contribution in [0, 0.1) is 5.82 Å². The topological polar surface area (TPSA) is 12.0 Å². The van der Waals surface area contributed by atoms with Gasteiger partial charge in [0.1, 0.15) is 5.82 Å². The molecule has 1 aromatic rings. The van der Waals surface area contributed by atoms with E-state index in [0.29, 0.717) is 5.56 Å². The molecule has 0 aliphatic rings. The van der Waals surface area contributed by atoms with Crippen LogP contribution >= 0.6 is 27.7 Å². The highest BCUT2D eigenvalue weighted by atomic mass is 79.9. The molecule has 0 heterocycles. The third kappa shape index (κ3) is 4.60. The van der Waals surface area contributed by atoms with E-state index in [1.165, 1.54) is 6.07 Å². The van der Waals surface area contributed by atoms with E-state index in [1.807, 2.05) is 30.8 Å². The van der Waals surface area contributed by atoms with Gasteiger partial charge in [0.25, 0.3) is 0 Å². The minimum atomic E-state index is -0.165. The van der Waals surface area contributed by atoms with Crippen molar-refractivity contribution in [3.05, 3.63) is 34.1 Å². The van der Waals surface area contributed by atoms with Crippen molar-refractivity contribution in [2.24, 2.45) is 0 Å². The molecule has 0 amide bonds. The standard InChI is InChI=1S/C13H19BrFNS/c1-9(16-8-13(2,3)17-4)11-6-5-10(14)7-12(11)15/h5-7,9,16H,8H2,1-4H3. The SMILES string of the molecule is CSC(C)(C)CNC(C)c1ccc(Br)cc1F. The molecular formula is C13H19BrFNS. The monoisotopic (exact) mass is 319 g/mol. The number of hydrogen-bond donors (Lipinski definition) is 1. The molecule has 4 heteroatoms. The van der Waals surface area contributed by atoms with Crippen LogP contribution in [0.5, 0.6) is 0 Å². The Bertz CT molecular complexity index is 382. The van der Waals surface area contributed by atoms with Gasteiger partial charge in [-0.25, -0.2) is 4.39 Å². The Hall–Kier alpha value is -0.0600. The van der Waals surface area contributed by atoms with Crippen molar-refractivity contribution < 1.29 is 4.39 Å². The average Bonchev–Trinajstić information content (AvgIpc) is 2.26. The van der Waals surface area contributed by atoms with Crippen molar-refractivity contribution in [2.45, 2.75) is 31.6 Å². The molecule has 1 atom stereocenters. The molecule has 17 heavy (non-hydrogen) atoms. The molecule has 0 saturated carbocycles. The van der Waals surface area contributed by atoms with Crippen LogP contribution in [-0.2, 0) is 0 Å². The molecule has 1 N–H and O–H groups in total. The van der Waals surface area contributed by atoms with Crippen LogP contribution in [0.1, 0.15) is 32.4 Å². The summed E-state index contributed by atoms with van der Waals surface area (Å²) in [5, 5.41) is 3.37. The van der Waals surface area contributed by atoms with Crippen LogP contribution in [0.4, 0.5) is 4.39 Å². The number of thioether (sulfide) groups is 1. The lowest BCUT2D eigenvalue weighted by molar-refractivity contribution is 0.498. The maximum Gasteiger partial charge on any atom is 0.129 e. The summed E-state index contributed by atoms with van der Waals surface area (Å²) < 4.78 is 14.7. The summed E-state index contributed by atoms with van der Waals surface area (Å²) >= 11 is 5.07. The predicted molar refractivity (Wildman–Crippen MR) is 78.1 cm³/mol. The van der Waals surface area contributed by atoms with Crippen molar-refractivity contribution in [1.82, 2.24) is 5.32 Å². The number of nitrogens with one attached hydrogen (secondary N) is 1. The molecule has 0 aliphatic carbocycles. The van der Waals surface area contributed by atoms with E-state index >= 15 is 0 Å². The number of hydrogen-bond acceptors (Lipinski definition) is 2. The third-order valence-electron chi connectivity index (χ3n) is 2.82. The zero-order valence-electron chi connectivity index (χ0n) is 10.7. The predicted octanol–water partition coefficient (Wildman–Crippen LogP) is 4.38. The van der Waals surface area contributed by atoms with E-state index in [2.05, 4.69) is 41.3 Å². The summed E-state index contributed by atoms with van der Waals surface area (Å²) in [6.45, 7) is 7.19. The van der Waals surface area contributed by atoms with E-state index in [0.717, 1.165) is 11.0 Å². The molecule has 1 unspecified atom stereocenters. The minimum Gasteiger partial charge on any atom is -0.309 e. The highest BCUT2D eigenvalue weighted by Gasteiger charge is 2.18. The van der Waals surface area contributed by atoms with E-state index in [-0.39, 0.29) is 16.6 Å². The zero-order chi connectivity index (χ0) is 13.1. The smallest absolute Gasteiger partial charge is 0.129 e. The Labute approximate surface area is 116 Å². The fourth-order valence-corrected chi connectivity index (χ4v) is 1.99. The van der Waals surface area contributed by atoms with Crippen LogP contribution in [0.3, 0.4) is 0 Å². The average molecular weight is 320 g/mol. The molecular weight excluding hydrogens is 301 g/mol. The van der Waals surface area contributed by atoms with Crippen molar-refractivity contribution in [1.29, 1.82) is 0 Å². The first-order chi connectivity index (χ1) is 7.85. The van der Waals surface area contributed by atoms with Gasteiger partial charge >= 0.3 is 0 Å². The lowest BCUT2D eigenvalue weighted by Crippen LogP contribution is -2.33. The highest BCUT2D eigenvalue weighted by molar-refractivity contribution is 9.10. The molecule has 0 saturated heterocycles. The van der Waals surface area contributed by atoms with E-state index < -0.39 is 0 Å². The van der Waals surface area contributed by atoms with Crippen molar-refractivity contribution in [2.75, 3.05) is 12.8 Å². The van der Waals surface area contributed by atoms with Gasteiger partial charge < -0.3 is 5.32 Å². The summed E-state index contributed by atoms with van der Waals surface area (Å²) in [6.07, 6.45) is 2.09. The molecule has 1 nitrogen and oxygen atoms in total. The van der Waals surface area contributed by atoms with Crippen LogP contribution < -0.4 is 5.32 Å². The van der Waals surface area contributed by atoms with E-state index in [4.69, 9.17) is 0 Å². The molecule has 1 aromatic carbocycles. The maximum atomic E-state index is 13.7. The lowest BCUT2D eigenvalue weighted by Gasteiger charge is -2.25. The molecule has 1 rings (SSSR count). The van der Waals surface area contributed by atoms with Gasteiger partial charge in [0.15, 0.2) is 0 Å². The van der Waals surface area contributed by atoms with Gasteiger partial charge in [0.2, 0.25) is 0 Å². The van der Waals surface area contributed by atoms with Gasteiger partial charge in [-0.05, 0) is 39.2 Å². The van der Waals surface area contributed by atoms with E-state index in [9.17, 15) is 4.39 Å². The Kier molecular flexibility index (Phi) is 5.48. The molecule has 0 fully saturated rings. The minimum absolute atomic E-state index is 0.0227. The highest BCUT2D eigenvalue weighted by Crippen LogP contribution is 2.24. The normalized spacial score (nSPS) is 13.8. The van der Waals surface area contributed by atoms with E-state index in [1.54, 1.807) is 0 Å².